The number of carbonyl (C=O) groups excluding carboxylic acids is 1. The number of benzene rings is 3. The number of hydrogen-bond donors (Lipinski definition) is 2. The predicted molar refractivity (Wildman–Crippen MR) is 119 cm³/mol. The SMILES string of the molecule is N[C@H](CC(=O)O)[C@H](C(=O)OCC1c2ccccc2-c2ccccc21)c1cccc(C(F)(F)F)c1. The van der Waals surface area contributed by atoms with Crippen molar-refractivity contribution in [2.45, 2.75) is 30.5 Å². The fraction of sp³-hybridized carbons (Fsp3) is 0.231. The van der Waals surface area contributed by atoms with Crippen LogP contribution in [0.4, 0.5) is 13.2 Å². The van der Waals surface area contributed by atoms with Crippen LogP contribution >= 0.6 is 0 Å². The molecule has 1 aliphatic carbocycles. The molecular weight excluding hydrogens is 447 g/mol. The highest BCUT2D eigenvalue weighted by atomic mass is 19.4. The lowest BCUT2D eigenvalue weighted by Gasteiger charge is -2.24. The molecule has 2 atom stereocenters. The summed E-state index contributed by atoms with van der Waals surface area (Å²) < 4.78 is 45.3. The van der Waals surface area contributed by atoms with Gasteiger partial charge < -0.3 is 15.6 Å². The van der Waals surface area contributed by atoms with Gasteiger partial charge in [0.25, 0.3) is 0 Å². The van der Waals surface area contributed by atoms with E-state index in [0.29, 0.717) is 0 Å². The fourth-order valence-electron chi connectivity index (χ4n) is 4.48. The average molecular weight is 469 g/mol. The Balaban J connectivity index is 1.62. The van der Waals surface area contributed by atoms with E-state index in [1.54, 1.807) is 0 Å². The van der Waals surface area contributed by atoms with Gasteiger partial charge in [-0.25, -0.2) is 0 Å². The van der Waals surface area contributed by atoms with Crippen LogP contribution in [0.15, 0.2) is 72.8 Å². The molecule has 0 amide bonds. The molecule has 34 heavy (non-hydrogen) atoms. The summed E-state index contributed by atoms with van der Waals surface area (Å²) in [5.74, 6) is -3.76. The second-order valence-corrected chi connectivity index (χ2v) is 8.22. The van der Waals surface area contributed by atoms with E-state index in [-0.39, 0.29) is 18.1 Å². The maximum atomic E-state index is 13.2. The van der Waals surface area contributed by atoms with Crippen molar-refractivity contribution in [1.29, 1.82) is 0 Å². The third-order valence-electron chi connectivity index (χ3n) is 6.02. The molecule has 5 nitrogen and oxygen atoms in total. The molecule has 0 spiro atoms. The van der Waals surface area contributed by atoms with Crippen molar-refractivity contribution < 1.29 is 32.6 Å². The van der Waals surface area contributed by atoms with E-state index in [2.05, 4.69) is 0 Å². The molecular formula is C26H22F3NO4. The number of carboxylic acids is 1. The van der Waals surface area contributed by atoms with Crippen molar-refractivity contribution in [1.82, 2.24) is 0 Å². The van der Waals surface area contributed by atoms with Crippen molar-refractivity contribution >= 4 is 11.9 Å². The first-order chi connectivity index (χ1) is 16.2. The van der Waals surface area contributed by atoms with Gasteiger partial charge in [0.05, 0.1) is 17.9 Å². The van der Waals surface area contributed by atoms with Gasteiger partial charge in [-0.15, -0.1) is 0 Å². The molecule has 3 N–H and O–H groups in total. The smallest absolute Gasteiger partial charge is 0.416 e. The summed E-state index contributed by atoms with van der Waals surface area (Å²) in [6.07, 6.45) is -5.23. The van der Waals surface area contributed by atoms with Gasteiger partial charge in [0.15, 0.2) is 0 Å². The van der Waals surface area contributed by atoms with Gasteiger partial charge in [-0.3, -0.25) is 9.59 Å². The van der Waals surface area contributed by atoms with Crippen LogP contribution in [0.1, 0.15) is 40.5 Å². The maximum Gasteiger partial charge on any atom is 0.416 e. The number of hydrogen-bond acceptors (Lipinski definition) is 4. The topological polar surface area (TPSA) is 89.6 Å². The highest BCUT2D eigenvalue weighted by Gasteiger charge is 2.36. The minimum atomic E-state index is -4.63. The molecule has 4 rings (SSSR count). The molecule has 3 aromatic carbocycles. The Morgan fingerprint density at radius 2 is 1.53 bits per heavy atom. The number of nitrogens with two attached hydrogens (primary N) is 1. The molecule has 0 aromatic heterocycles. The Labute approximate surface area is 194 Å². The Morgan fingerprint density at radius 3 is 2.09 bits per heavy atom. The lowest BCUT2D eigenvalue weighted by molar-refractivity contribution is -0.147. The summed E-state index contributed by atoms with van der Waals surface area (Å²) >= 11 is 0. The number of carbonyl (C=O) groups is 2. The number of aliphatic carboxylic acids is 1. The van der Waals surface area contributed by atoms with Gasteiger partial charge in [-0.2, -0.15) is 13.2 Å². The molecule has 0 bridgehead atoms. The summed E-state index contributed by atoms with van der Waals surface area (Å²) in [6.45, 7) is -0.0535. The van der Waals surface area contributed by atoms with Gasteiger partial charge in [0.1, 0.15) is 6.61 Å². The molecule has 1 aliphatic rings. The summed E-state index contributed by atoms with van der Waals surface area (Å²) in [7, 11) is 0. The van der Waals surface area contributed by atoms with Crippen molar-refractivity contribution in [3.05, 3.63) is 95.1 Å². The van der Waals surface area contributed by atoms with E-state index in [1.807, 2.05) is 48.5 Å². The molecule has 0 aliphatic heterocycles. The minimum absolute atomic E-state index is 0.0409. The van der Waals surface area contributed by atoms with Crippen LogP contribution in [0.5, 0.6) is 0 Å². The zero-order chi connectivity index (χ0) is 24.5. The summed E-state index contributed by atoms with van der Waals surface area (Å²) in [5.41, 5.74) is 8.99. The van der Waals surface area contributed by atoms with Crippen molar-refractivity contribution in [2.75, 3.05) is 6.61 Å². The molecule has 0 fully saturated rings. The largest absolute Gasteiger partial charge is 0.481 e. The monoisotopic (exact) mass is 469 g/mol. The number of fused-ring (bicyclic) bond motifs is 3. The third-order valence-corrected chi connectivity index (χ3v) is 6.02. The minimum Gasteiger partial charge on any atom is -0.481 e. The first-order valence-corrected chi connectivity index (χ1v) is 10.7. The Kier molecular flexibility index (Phi) is 6.43. The molecule has 176 valence electrons. The van der Waals surface area contributed by atoms with Gasteiger partial charge in [0, 0.05) is 12.0 Å². The van der Waals surface area contributed by atoms with E-state index < -0.39 is 42.1 Å². The third kappa shape index (κ3) is 4.68. The fourth-order valence-corrected chi connectivity index (χ4v) is 4.48. The molecule has 3 aromatic rings. The normalized spacial score (nSPS) is 14.7. The number of rotatable bonds is 7. The molecule has 0 saturated heterocycles. The van der Waals surface area contributed by atoms with E-state index in [9.17, 15) is 22.8 Å². The number of carboxylic acid groups (broad SMARTS) is 1. The van der Waals surface area contributed by atoms with Gasteiger partial charge in [-0.1, -0.05) is 66.7 Å². The first-order valence-electron chi connectivity index (χ1n) is 10.7. The second-order valence-electron chi connectivity index (χ2n) is 8.22. The quantitative estimate of drug-likeness (QED) is 0.478. The first kappa shape index (κ1) is 23.5. The molecule has 0 saturated carbocycles. The average Bonchev–Trinajstić information content (AvgIpc) is 3.11. The Bertz CT molecular complexity index is 1180. The van der Waals surface area contributed by atoms with E-state index >= 15 is 0 Å². The predicted octanol–water partition coefficient (Wildman–Crippen LogP) is 4.95. The van der Waals surface area contributed by atoms with Crippen LogP contribution < -0.4 is 5.73 Å². The second kappa shape index (κ2) is 9.30. The van der Waals surface area contributed by atoms with Gasteiger partial charge in [-0.05, 0) is 33.9 Å². The van der Waals surface area contributed by atoms with Crippen molar-refractivity contribution in [2.24, 2.45) is 5.73 Å². The van der Waals surface area contributed by atoms with Crippen molar-refractivity contribution in [3.63, 3.8) is 0 Å². The maximum absolute atomic E-state index is 13.2. The highest BCUT2D eigenvalue weighted by Crippen LogP contribution is 2.44. The van der Waals surface area contributed by atoms with Crippen LogP contribution in [-0.2, 0) is 20.5 Å². The van der Waals surface area contributed by atoms with Crippen LogP contribution in [0.3, 0.4) is 0 Å². The van der Waals surface area contributed by atoms with Crippen molar-refractivity contribution in [3.8, 4) is 11.1 Å². The van der Waals surface area contributed by atoms with Gasteiger partial charge >= 0.3 is 18.1 Å². The number of esters is 1. The lowest BCUT2D eigenvalue weighted by Crippen LogP contribution is -2.37. The molecule has 0 heterocycles. The van der Waals surface area contributed by atoms with Crippen LogP contribution in [0, 0.1) is 0 Å². The van der Waals surface area contributed by atoms with E-state index in [1.165, 1.54) is 6.07 Å². The Morgan fingerprint density at radius 1 is 0.941 bits per heavy atom. The summed E-state index contributed by atoms with van der Waals surface area (Å²) in [4.78, 5) is 24.4. The van der Waals surface area contributed by atoms with E-state index in [0.717, 1.165) is 40.5 Å². The summed E-state index contributed by atoms with van der Waals surface area (Å²) in [6, 6.07) is 18.3. The van der Waals surface area contributed by atoms with Gasteiger partial charge in [0.2, 0.25) is 0 Å². The van der Waals surface area contributed by atoms with Crippen LogP contribution in [0.2, 0.25) is 0 Å². The number of halogens is 3. The highest BCUT2D eigenvalue weighted by molar-refractivity contribution is 5.82. The van der Waals surface area contributed by atoms with Crippen LogP contribution in [-0.4, -0.2) is 29.7 Å². The summed E-state index contributed by atoms with van der Waals surface area (Å²) in [5, 5.41) is 9.15. The standard InChI is InChI=1S/C26H22F3NO4/c27-26(28,29)16-7-5-6-15(12-16)24(22(30)13-23(31)32)25(33)34-14-21-19-10-3-1-8-17(19)18-9-2-4-11-20(18)21/h1-12,21-22,24H,13-14,30H2,(H,31,32)/t22-,24-/m1/s1. The Hall–Kier alpha value is -3.65. The lowest BCUT2D eigenvalue weighted by atomic mass is 9.89. The molecule has 0 unspecified atom stereocenters. The van der Waals surface area contributed by atoms with E-state index in [4.69, 9.17) is 15.6 Å². The zero-order valence-corrected chi connectivity index (χ0v) is 18.0. The molecule has 8 heteroatoms. The number of alkyl halides is 3. The van der Waals surface area contributed by atoms with Crippen LogP contribution in [0.25, 0.3) is 11.1 Å². The number of ether oxygens (including phenoxy) is 1. The molecule has 0 radical (unpaired) electrons. The zero-order valence-electron chi connectivity index (χ0n) is 18.0.